The topological polar surface area (TPSA) is 89.4 Å². The van der Waals surface area contributed by atoms with Gasteiger partial charge in [-0.1, -0.05) is 23.5 Å². The number of amides is 2. The van der Waals surface area contributed by atoms with Crippen LogP contribution in [0.2, 0.25) is 0 Å². The second kappa shape index (κ2) is 10.6. The standard InChI is InChI=1S/C20H22FN5O3S/c1-29-13-18(27)26(12-15-3-5-16(21)6-4-15)20-24-11-17(30-20)19(28)23-7-2-9-25-10-8-22-14-25/h3-6,8,10-11,14H,2,7,9,12-13H2,1H3,(H,23,28). The number of carbonyl (C=O) groups excluding carboxylic acids is 2. The Morgan fingerprint density at radius 3 is 2.80 bits per heavy atom. The van der Waals surface area contributed by atoms with Gasteiger partial charge in [-0.3, -0.25) is 14.5 Å². The van der Waals surface area contributed by atoms with Gasteiger partial charge < -0.3 is 14.6 Å². The summed E-state index contributed by atoms with van der Waals surface area (Å²) in [5, 5.41) is 3.23. The number of aromatic nitrogens is 3. The molecule has 0 saturated heterocycles. The van der Waals surface area contributed by atoms with Crippen molar-refractivity contribution in [3.8, 4) is 0 Å². The Kier molecular flexibility index (Phi) is 7.63. The zero-order chi connectivity index (χ0) is 21.3. The summed E-state index contributed by atoms with van der Waals surface area (Å²) >= 11 is 1.12. The van der Waals surface area contributed by atoms with E-state index in [1.54, 1.807) is 24.7 Å². The van der Waals surface area contributed by atoms with E-state index >= 15 is 0 Å². The summed E-state index contributed by atoms with van der Waals surface area (Å²) in [5.74, 6) is -0.900. The molecule has 0 bridgehead atoms. The van der Waals surface area contributed by atoms with Crippen LogP contribution in [-0.2, 0) is 22.6 Å². The number of rotatable bonds is 10. The van der Waals surface area contributed by atoms with Gasteiger partial charge in [0.2, 0.25) is 0 Å². The Labute approximate surface area is 177 Å². The molecular formula is C20H22FN5O3S. The van der Waals surface area contributed by atoms with E-state index in [0.29, 0.717) is 16.6 Å². The molecule has 3 aromatic rings. The normalized spacial score (nSPS) is 10.7. The lowest BCUT2D eigenvalue weighted by Crippen LogP contribution is -2.33. The van der Waals surface area contributed by atoms with Gasteiger partial charge in [-0.2, -0.15) is 0 Å². The molecule has 0 radical (unpaired) electrons. The molecule has 0 aliphatic rings. The number of methoxy groups -OCH3 is 1. The maximum Gasteiger partial charge on any atom is 0.263 e. The summed E-state index contributed by atoms with van der Waals surface area (Å²) in [7, 11) is 1.43. The number of ether oxygens (including phenoxy) is 1. The van der Waals surface area contributed by atoms with E-state index < -0.39 is 0 Å². The predicted molar refractivity (Wildman–Crippen MR) is 111 cm³/mol. The fourth-order valence-corrected chi connectivity index (χ4v) is 3.55. The molecule has 2 aromatic heterocycles. The minimum absolute atomic E-state index is 0.128. The van der Waals surface area contributed by atoms with Gasteiger partial charge in [-0.25, -0.2) is 14.4 Å². The summed E-state index contributed by atoms with van der Waals surface area (Å²) in [6.45, 7) is 1.33. The molecule has 158 valence electrons. The largest absolute Gasteiger partial charge is 0.375 e. The Morgan fingerprint density at radius 1 is 1.30 bits per heavy atom. The number of imidazole rings is 1. The fourth-order valence-electron chi connectivity index (χ4n) is 2.70. The third-order valence-corrected chi connectivity index (χ3v) is 5.23. The molecule has 0 fully saturated rings. The van der Waals surface area contributed by atoms with Crippen LogP contribution in [0.15, 0.2) is 49.2 Å². The van der Waals surface area contributed by atoms with Crippen LogP contribution in [0.3, 0.4) is 0 Å². The molecule has 0 spiro atoms. The van der Waals surface area contributed by atoms with Crippen LogP contribution in [-0.4, -0.2) is 46.6 Å². The molecule has 2 amide bonds. The lowest BCUT2D eigenvalue weighted by molar-refractivity contribution is -0.122. The second-order valence-corrected chi connectivity index (χ2v) is 7.47. The molecule has 0 atom stereocenters. The van der Waals surface area contributed by atoms with Crippen LogP contribution in [0.25, 0.3) is 0 Å². The number of nitrogens with zero attached hydrogens (tertiary/aromatic N) is 4. The first-order valence-corrected chi connectivity index (χ1v) is 10.1. The highest BCUT2D eigenvalue weighted by Gasteiger charge is 2.21. The van der Waals surface area contributed by atoms with Gasteiger partial charge in [-0.15, -0.1) is 0 Å². The Balaban J connectivity index is 1.62. The van der Waals surface area contributed by atoms with Crippen molar-refractivity contribution in [3.63, 3.8) is 0 Å². The first kappa shape index (κ1) is 21.6. The van der Waals surface area contributed by atoms with Gasteiger partial charge >= 0.3 is 0 Å². The number of hydrogen-bond acceptors (Lipinski definition) is 6. The van der Waals surface area contributed by atoms with E-state index in [4.69, 9.17) is 4.74 Å². The van der Waals surface area contributed by atoms with Crippen molar-refractivity contribution in [2.45, 2.75) is 19.5 Å². The first-order valence-electron chi connectivity index (χ1n) is 9.30. The average molecular weight is 431 g/mol. The number of benzene rings is 1. The van der Waals surface area contributed by atoms with Crippen molar-refractivity contribution in [2.75, 3.05) is 25.2 Å². The Hall–Kier alpha value is -3.11. The Morgan fingerprint density at radius 2 is 2.10 bits per heavy atom. The van der Waals surface area contributed by atoms with Gasteiger partial charge in [-0.05, 0) is 24.1 Å². The molecule has 30 heavy (non-hydrogen) atoms. The van der Waals surface area contributed by atoms with Crippen molar-refractivity contribution in [2.24, 2.45) is 0 Å². The molecule has 8 nitrogen and oxygen atoms in total. The minimum Gasteiger partial charge on any atom is -0.375 e. The molecule has 0 unspecified atom stereocenters. The van der Waals surface area contributed by atoms with Crippen LogP contribution >= 0.6 is 11.3 Å². The van der Waals surface area contributed by atoms with E-state index in [1.807, 2.05) is 10.8 Å². The zero-order valence-electron chi connectivity index (χ0n) is 16.5. The van der Waals surface area contributed by atoms with Gasteiger partial charge in [0, 0.05) is 32.6 Å². The van der Waals surface area contributed by atoms with Crippen LogP contribution < -0.4 is 10.2 Å². The van der Waals surface area contributed by atoms with E-state index in [-0.39, 0.29) is 30.8 Å². The zero-order valence-corrected chi connectivity index (χ0v) is 17.3. The van der Waals surface area contributed by atoms with E-state index in [9.17, 15) is 14.0 Å². The maximum absolute atomic E-state index is 13.2. The third kappa shape index (κ3) is 5.94. The van der Waals surface area contributed by atoms with Crippen molar-refractivity contribution in [1.29, 1.82) is 0 Å². The van der Waals surface area contributed by atoms with Crippen LogP contribution in [0, 0.1) is 5.82 Å². The van der Waals surface area contributed by atoms with Crippen LogP contribution in [0.5, 0.6) is 0 Å². The van der Waals surface area contributed by atoms with E-state index in [0.717, 1.165) is 29.9 Å². The number of aryl methyl sites for hydroxylation is 1. The Bertz CT molecular complexity index is 959. The molecule has 0 saturated carbocycles. The lowest BCUT2D eigenvalue weighted by atomic mass is 10.2. The SMILES string of the molecule is COCC(=O)N(Cc1ccc(F)cc1)c1ncc(C(=O)NCCCn2ccnc2)s1. The molecule has 1 N–H and O–H groups in total. The quantitative estimate of drug-likeness (QED) is 0.498. The molecular weight excluding hydrogens is 409 g/mol. The van der Waals surface area contributed by atoms with Crippen molar-refractivity contribution in [3.05, 3.63) is 65.4 Å². The van der Waals surface area contributed by atoms with Gasteiger partial charge in [0.05, 0.1) is 19.1 Å². The number of halogens is 1. The van der Waals surface area contributed by atoms with E-state index in [2.05, 4.69) is 15.3 Å². The number of thiazole rings is 1. The molecule has 2 heterocycles. The fraction of sp³-hybridized carbons (Fsp3) is 0.300. The summed E-state index contributed by atoms with van der Waals surface area (Å²) < 4.78 is 20.1. The molecule has 1 aromatic carbocycles. The lowest BCUT2D eigenvalue weighted by Gasteiger charge is -2.19. The van der Waals surface area contributed by atoms with Gasteiger partial charge in [0.15, 0.2) is 5.13 Å². The smallest absolute Gasteiger partial charge is 0.263 e. The summed E-state index contributed by atoms with van der Waals surface area (Å²) in [5.41, 5.74) is 0.738. The van der Waals surface area contributed by atoms with Crippen molar-refractivity contribution in [1.82, 2.24) is 19.9 Å². The number of carbonyl (C=O) groups is 2. The molecule has 0 aliphatic carbocycles. The minimum atomic E-state index is -0.352. The molecule has 0 aliphatic heterocycles. The molecule has 3 rings (SSSR count). The average Bonchev–Trinajstić information content (AvgIpc) is 3.43. The highest BCUT2D eigenvalue weighted by molar-refractivity contribution is 7.17. The number of hydrogen-bond donors (Lipinski definition) is 1. The van der Waals surface area contributed by atoms with Crippen LogP contribution in [0.4, 0.5) is 9.52 Å². The predicted octanol–water partition coefficient (Wildman–Crippen LogP) is 2.48. The maximum atomic E-state index is 13.2. The number of anilines is 1. The third-order valence-electron chi connectivity index (χ3n) is 4.21. The van der Waals surface area contributed by atoms with E-state index in [1.165, 1.54) is 30.3 Å². The monoisotopic (exact) mass is 431 g/mol. The number of nitrogens with one attached hydrogen (secondary N) is 1. The second-order valence-electron chi connectivity index (χ2n) is 6.46. The summed E-state index contributed by atoms with van der Waals surface area (Å²) in [6, 6.07) is 5.87. The highest BCUT2D eigenvalue weighted by atomic mass is 32.1. The van der Waals surface area contributed by atoms with Crippen LogP contribution in [0.1, 0.15) is 21.7 Å². The summed E-state index contributed by atoms with van der Waals surface area (Å²) in [4.78, 5) is 35.0. The van der Waals surface area contributed by atoms with Crippen molar-refractivity contribution < 1.29 is 18.7 Å². The highest BCUT2D eigenvalue weighted by Crippen LogP contribution is 2.24. The van der Waals surface area contributed by atoms with Gasteiger partial charge in [0.1, 0.15) is 17.3 Å². The van der Waals surface area contributed by atoms with Crippen molar-refractivity contribution >= 4 is 28.3 Å². The van der Waals surface area contributed by atoms with Gasteiger partial charge in [0.25, 0.3) is 11.8 Å². The first-order chi connectivity index (χ1) is 14.6. The summed E-state index contributed by atoms with van der Waals surface area (Å²) in [6.07, 6.45) is 7.51. The molecule has 10 heteroatoms.